The molecule has 0 aliphatic carbocycles. The van der Waals surface area contributed by atoms with Crippen molar-refractivity contribution < 1.29 is 13.2 Å². The van der Waals surface area contributed by atoms with E-state index in [1.165, 1.54) is 26.2 Å². The molecule has 34 heavy (non-hydrogen) atoms. The summed E-state index contributed by atoms with van der Waals surface area (Å²) in [6, 6.07) is 15.9. The lowest BCUT2D eigenvalue weighted by Crippen LogP contribution is -2.22. The largest absolute Gasteiger partial charge is 0.322 e. The molecule has 1 N–H and O–H groups in total. The molecule has 2 aromatic carbocycles. The summed E-state index contributed by atoms with van der Waals surface area (Å²) in [6.45, 7) is 6.01. The number of carbonyl (C=O) groups excluding carboxylic acids is 1. The molecule has 0 fully saturated rings. The van der Waals surface area contributed by atoms with Crippen LogP contribution in [0, 0.1) is 6.92 Å². The fourth-order valence-corrected chi connectivity index (χ4v) is 4.67. The highest BCUT2D eigenvalue weighted by Crippen LogP contribution is 2.29. The lowest BCUT2D eigenvalue weighted by atomic mass is 10.0. The van der Waals surface area contributed by atoms with Gasteiger partial charge in [-0.3, -0.25) is 4.79 Å². The minimum atomic E-state index is -3.63. The van der Waals surface area contributed by atoms with Gasteiger partial charge in [0.25, 0.3) is 5.91 Å². The van der Waals surface area contributed by atoms with Gasteiger partial charge in [-0.1, -0.05) is 30.3 Å². The smallest absolute Gasteiger partial charge is 0.256 e. The Hall–Kier alpha value is -3.56. The SMILES string of the molecule is Cc1ccccc1-c1cc(C(=O)Nc2cccc(S(=O)(=O)N(C)C)c2)c2cnn(C(C)C)c2n1. The maximum atomic E-state index is 13.4. The molecule has 0 aliphatic heterocycles. The highest BCUT2D eigenvalue weighted by molar-refractivity contribution is 7.89. The first-order valence-electron chi connectivity index (χ1n) is 10.9. The fraction of sp³-hybridized carbons (Fsp3) is 0.240. The molecule has 0 saturated heterocycles. The molecule has 0 unspecified atom stereocenters. The number of hydrogen-bond donors (Lipinski definition) is 1. The van der Waals surface area contributed by atoms with E-state index >= 15 is 0 Å². The zero-order valence-corrected chi connectivity index (χ0v) is 20.6. The van der Waals surface area contributed by atoms with Crippen molar-refractivity contribution in [2.45, 2.75) is 31.7 Å². The molecular formula is C25H27N5O3S. The van der Waals surface area contributed by atoms with Gasteiger partial charge in [-0.05, 0) is 50.6 Å². The Kier molecular flexibility index (Phi) is 6.24. The van der Waals surface area contributed by atoms with Crippen molar-refractivity contribution in [2.75, 3.05) is 19.4 Å². The molecule has 0 atom stereocenters. The summed E-state index contributed by atoms with van der Waals surface area (Å²) in [5.74, 6) is -0.370. The Morgan fingerprint density at radius 2 is 1.79 bits per heavy atom. The van der Waals surface area contributed by atoms with Crippen molar-refractivity contribution in [3.63, 3.8) is 0 Å². The number of rotatable bonds is 6. The molecule has 2 heterocycles. The number of anilines is 1. The number of fused-ring (bicyclic) bond motifs is 1. The molecule has 0 saturated carbocycles. The molecule has 0 radical (unpaired) electrons. The summed E-state index contributed by atoms with van der Waals surface area (Å²) in [6.07, 6.45) is 1.64. The van der Waals surface area contributed by atoms with E-state index in [0.29, 0.717) is 28.0 Å². The van der Waals surface area contributed by atoms with Crippen LogP contribution in [-0.4, -0.2) is 47.5 Å². The molecular weight excluding hydrogens is 450 g/mol. The lowest BCUT2D eigenvalue weighted by Gasteiger charge is -2.14. The number of hydrogen-bond acceptors (Lipinski definition) is 5. The molecule has 0 spiro atoms. The van der Waals surface area contributed by atoms with Gasteiger partial charge in [0.2, 0.25) is 10.0 Å². The first-order chi connectivity index (χ1) is 16.1. The average molecular weight is 478 g/mol. The van der Waals surface area contributed by atoms with E-state index in [1.807, 2.05) is 45.0 Å². The van der Waals surface area contributed by atoms with Gasteiger partial charge in [-0.2, -0.15) is 5.10 Å². The molecule has 176 valence electrons. The third-order valence-electron chi connectivity index (χ3n) is 5.59. The summed E-state index contributed by atoms with van der Waals surface area (Å²) in [4.78, 5) is 18.4. The number of carbonyl (C=O) groups is 1. The van der Waals surface area contributed by atoms with E-state index < -0.39 is 10.0 Å². The molecule has 0 bridgehead atoms. The number of sulfonamides is 1. The van der Waals surface area contributed by atoms with Gasteiger partial charge in [-0.25, -0.2) is 22.4 Å². The maximum absolute atomic E-state index is 13.4. The third kappa shape index (κ3) is 4.32. The summed E-state index contributed by atoms with van der Waals surface area (Å²) < 4.78 is 27.9. The van der Waals surface area contributed by atoms with E-state index in [0.717, 1.165) is 15.4 Å². The summed E-state index contributed by atoms with van der Waals surface area (Å²) in [5, 5.41) is 7.93. The van der Waals surface area contributed by atoms with Crippen LogP contribution in [0.25, 0.3) is 22.3 Å². The zero-order valence-electron chi connectivity index (χ0n) is 19.8. The zero-order chi connectivity index (χ0) is 24.6. The minimum absolute atomic E-state index is 0.0564. The van der Waals surface area contributed by atoms with Crippen LogP contribution in [0.1, 0.15) is 35.8 Å². The van der Waals surface area contributed by atoms with Crippen molar-refractivity contribution in [3.05, 3.63) is 71.9 Å². The number of aryl methyl sites for hydroxylation is 1. The van der Waals surface area contributed by atoms with Gasteiger partial charge in [-0.15, -0.1) is 0 Å². The lowest BCUT2D eigenvalue weighted by molar-refractivity contribution is 0.102. The van der Waals surface area contributed by atoms with E-state index in [4.69, 9.17) is 4.98 Å². The predicted molar refractivity (Wildman–Crippen MR) is 133 cm³/mol. The van der Waals surface area contributed by atoms with Gasteiger partial charge >= 0.3 is 0 Å². The van der Waals surface area contributed by atoms with Gasteiger partial charge in [0.1, 0.15) is 0 Å². The minimum Gasteiger partial charge on any atom is -0.322 e. The fourth-order valence-electron chi connectivity index (χ4n) is 3.73. The average Bonchev–Trinajstić information content (AvgIpc) is 3.23. The van der Waals surface area contributed by atoms with Crippen molar-refractivity contribution in [3.8, 4) is 11.3 Å². The Morgan fingerprint density at radius 3 is 2.47 bits per heavy atom. The number of benzene rings is 2. The summed E-state index contributed by atoms with van der Waals surface area (Å²) in [5.41, 5.74) is 4.04. The van der Waals surface area contributed by atoms with Crippen molar-refractivity contribution in [2.24, 2.45) is 0 Å². The van der Waals surface area contributed by atoms with Crippen LogP contribution in [0.4, 0.5) is 5.69 Å². The molecule has 1 amide bonds. The normalized spacial score (nSPS) is 12.0. The standard InChI is InChI=1S/C25H27N5O3S/c1-16(2)30-24-22(15-26-30)21(14-23(28-24)20-12-7-6-9-17(20)3)25(31)27-18-10-8-11-19(13-18)34(32,33)29(4)5/h6-16H,1-5H3,(H,27,31). The maximum Gasteiger partial charge on any atom is 0.256 e. The second kappa shape index (κ2) is 9.00. The monoisotopic (exact) mass is 477 g/mol. The van der Waals surface area contributed by atoms with Crippen molar-refractivity contribution >= 4 is 32.7 Å². The Labute approximate surface area is 199 Å². The van der Waals surface area contributed by atoms with Crippen LogP contribution in [0.3, 0.4) is 0 Å². The molecule has 4 aromatic rings. The first kappa shape index (κ1) is 23.6. The van der Waals surface area contributed by atoms with Crippen LogP contribution in [-0.2, 0) is 10.0 Å². The van der Waals surface area contributed by atoms with Crippen LogP contribution in [0.5, 0.6) is 0 Å². The molecule has 2 aromatic heterocycles. The third-order valence-corrected chi connectivity index (χ3v) is 7.40. The quantitative estimate of drug-likeness (QED) is 0.441. The second-order valence-corrected chi connectivity index (χ2v) is 10.7. The van der Waals surface area contributed by atoms with E-state index in [9.17, 15) is 13.2 Å². The Balaban J connectivity index is 1.81. The van der Waals surface area contributed by atoms with Crippen molar-refractivity contribution in [1.82, 2.24) is 19.1 Å². The number of nitrogens with zero attached hydrogens (tertiary/aromatic N) is 4. The van der Waals surface area contributed by atoms with Gasteiger partial charge in [0, 0.05) is 31.4 Å². The predicted octanol–water partition coefficient (Wildman–Crippen LogP) is 4.49. The van der Waals surface area contributed by atoms with Crippen LogP contribution in [0.15, 0.2) is 65.7 Å². The number of nitrogens with one attached hydrogen (secondary N) is 1. The van der Waals surface area contributed by atoms with E-state index in [-0.39, 0.29) is 16.8 Å². The number of pyridine rings is 1. The number of aromatic nitrogens is 3. The Morgan fingerprint density at radius 1 is 1.06 bits per heavy atom. The highest BCUT2D eigenvalue weighted by atomic mass is 32.2. The van der Waals surface area contributed by atoms with Gasteiger partial charge in [0.05, 0.1) is 27.7 Å². The summed E-state index contributed by atoms with van der Waals surface area (Å²) in [7, 11) is -0.697. The molecule has 4 rings (SSSR count). The molecule has 9 heteroatoms. The van der Waals surface area contributed by atoms with E-state index in [1.54, 1.807) is 29.1 Å². The first-order valence-corrected chi connectivity index (χ1v) is 12.3. The van der Waals surface area contributed by atoms with Gasteiger partial charge in [0.15, 0.2) is 5.65 Å². The molecule has 0 aliphatic rings. The second-order valence-electron chi connectivity index (χ2n) is 8.56. The van der Waals surface area contributed by atoms with Crippen molar-refractivity contribution in [1.29, 1.82) is 0 Å². The van der Waals surface area contributed by atoms with E-state index in [2.05, 4.69) is 10.4 Å². The summed E-state index contributed by atoms with van der Waals surface area (Å²) >= 11 is 0. The van der Waals surface area contributed by atoms with Crippen LogP contribution in [0.2, 0.25) is 0 Å². The van der Waals surface area contributed by atoms with Crippen LogP contribution < -0.4 is 5.32 Å². The Bertz CT molecular complexity index is 1490. The molecule has 8 nitrogen and oxygen atoms in total. The topological polar surface area (TPSA) is 97.2 Å². The van der Waals surface area contributed by atoms with Gasteiger partial charge < -0.3 is 5.32 Å². The van der Waals surface area contributed by atoms with Crippen LogP contribution >= 0.6 is 0 Å². The highest BCUT2D eigenvalue weighted by Gasteiger charge is 2.21. The number of amides is 1.